The number of aromatic nitrogens is 2. The van der Waals surface area contributed by atoms with Gasteiger partial charge in [-0.2, -0.15) is 5.10 Å². The predicted molar refractivity (Wildman–Crippen MR) is 85.0 cm³/mol. The molecule has 0 atom stereocenters. The third-order valence-electron chi connectivity index (χ3n) is 3.17. The van der Waals surface area contributed by atoms with Crippen LogP contribution in [0.2, 0.25) is 5.02 Å². The van der Waals surface area contributed by atoms with Crippen molar-refractivity contribution in [2.45, 2.75) is 39.8 Å². The van der Waals surface area contributed by atoms with Gasteiger partial charge in [-0.3, -0.25) is 4.68 Å². The normalized spacial score (nSPS) is 11.8. The third kappa shape index (κ3) is 3.22. The molecule has 3 nitrogen and oxygen atoms in total. The van der Waals surface area contributed by atoms with E-state index in [9.17, 15) is 0 Å². The van der Waals surface area contributed by atoms with Gasteiger partial charge in [-0.15, -0.1) is 0 Å². The van der Waals surface area contributed by atoms with Gasteiger partial charge in [0, 0.05) is 23.9 Å². The summed E-state index contributed by atoms with van der Waals surface area (Å²) < 4.78 is 2.01. The molecule has 108 valence electrons. The first-order valence-electron chi connectivity index (χ1n) is 6.98. The smallest absolute Gasteiger partial charge is 0.0983 e. The van der Waals surface area contributed by atoms with E-state index >= 15 is 0 Å². The molecular formula is C16H22ClN3. The first-order valence-corrected chi connectivity index (χ1v) is 7.36. The van der Waals surface area contributed by atoms with Crippen LogP contribution >= 0.6 is 11.6 Å². The molecule has 0 saturated carbocycles. The molecule has 1 aromatic carbocycles. The summed E-state index contributed by atoms with van der Waals surface area (Å²) in [6.07, 6.45) is 2.11. The van der Waals surface area contributed by atoms with Gasteiger partial charge in [0.2, 0.25) is 0 Å². The van der Waals surface area contributed by atoms with Gasteiger partial charge in [0.1, 0.15) is 0 Å². The molecule has 20 heavy (non-hydrogen) atoms. The first kappa shape index (κ1) is 15.1. The first-order chi connectivity index (χ1) is 9.43. The Morgan fingerprint density at radius 1 is 1.25 bits per heavy atom. The number of nitrogens with zero attached hydrogens (tertiary/aromatic N) is 2. The van der Waals surface area contributed by atoms with Crippen molar-refractivity contribution >= 4 is 11.6 Å². The molecule has 0 saturated heterocycles. The van der Waals surface area contributed by atoms with Crippen molar-refractivity contribution in [3.63, 3.8) is 0 Å². The zero-order chi connectivity index (χ0) is 14.8. The summed E-state index contributed by atoms with van der Waals surface area (Å²) in [6.45, 7) is 10.3. The van der Waals surface area contributed by atoms with E-state index in [4.69, 9.17) is 16.7 Å². The van der Waals surface area contributed by atoms with Gasteiger partial charge in [0.25, 0.3) is 0 Å². The van der Waals surface area contributed by atoms with Crippen molar-refractivity contribution in [2.75, 3.05) is 6.54 Å². The van der Waals surface area contributed by atoms with Crippen LogP contribution in [0.3, 0.4) is 0 Å². The largest absolute Gasteiger partial charge is 0.313 e. The summed E-state index contributed by atoms with van der Waals surface area (Å²) in [5.41, 5.74) is 3.09. The third-order valence-corrected chi connectivity index (χ3v) is 3.50. The molecule has 0 amide bonds. The number of nitrogens with one attached hydrogen (secondary N) is 1. The molecule has 0 radical (unpaired) electrons. The van der Waals surface area contributed by atoms with Crippen molar-refractivity contribution in [3.05, 3.63) is 41.0 Å². The second-order valence-corrected chi connectivity index (χ2v) is 6.29. The highest BCUT2D eigenvalue weighted by Crippen LogP contribution is 2.30. The van der Waals surface area contributed by atoms with E-state index in [1.807, 2.05) is 28.9 Å². The summed E-state index contributed by atoms with van der Waals surface area (Å²) in [5, 5.41) is 8.86. The highest BCUT2D eigenvalue weighted by Gasteiger charge is 2.19. The van der Waals surface area contributed by atoms with Crippen molar-refractivity contribution in [1.29, 1.82) is 0 Å². The number of halogens is 1. The van der Waals surface area contributed by atoms with Crippen LogP contribution in [-0.2, 0) is 12.1 Å². The molecule has 1 heterocycles. The van der Waals surface area contributed by atoms with Crippen LogP contribution in [0.4, 0.5) is 0 Å². The molecule has 1 aromatic heterocycles. The number of rotatable bonds is 4. The van der Waals surface area contributed by atoms with Crippen LogP contribution in [0.1, 0.15) is 33.3 Å². The van der Waals surface area contributed by atoms with Gasteiger partial charge >= 0.3 is 0 Å². The Kier molecular flexibility index (Phi) is 4.51. The van der Waals surface area contributed by atoms with Gasteiger partial charge in [0.05, 0.1) is 16.3 Å². The van der Waals surface area contributed by atoms with Crippen LogP contribution in [0, 0.1) is 0 Å². The molecular weight excluding hydrogens is 270 g/mol. The Morgan fingerprint density at radius 2 is 1.95 bits per heavy atom. The lowest BCUT2D eigenvalue weighted by Gasteiger charge is -2.18. The summed E-state index contributed by atoms with van der Waals surface area (Å²) in [5.74, 6) is 0. The van der Waals surface area contributed by atoms with Crippen LogP contribution in [-0.4, -0.2) is 16.3 Å². The fourth-order valence-electron chi connectivity index (χ4n) is 2.02. The molecule has 0 aliphatic heterocycles. The molecule has 0 spiro atoms. The maximum atomic E-state index is 6.32. The maximum Gasteiger partial charge on any atom is 0.0983 e. The van der Waals surface area contributed by atoms with Crippen molar-refractivity contribution in [3.8, 4) is 11.3 Å². The Labute approximate surface area is 126 Å². The van der Waals surface area contributed by atoms with Crippen molar-refractivity contribution in [2.24, 2.45) is 0 Å². The Bertz CT molecular complexity index is 582. The maximum absolute atomic E-state index is 6.32. The van der Waals surface area contributed by atoms with E-state index in [2.05, 4.69) is 39.2 Å². The number of hydrogen-bond acceptors (Lipinski definition) is 2. The summed E-state index contributed by atoms with van der Waals surface area (Å²) in [6, 6.07) is 7.86. The molecule has 1 N–H and O–H groups in total. The zero-order valence-corrected chi connectivity index (χ0v) is 13.3. The van der Waals surface area contributed by atoms with Gasteiger partial charge in [-0.25, -0.2) is 0 Å². The van der Waals surface area contributed by atoms with Gasteiger partial charge in [-0.05, 0) is 33.4 Å². The lowest BCUT2D eigenvalue weighted by atomic mass is 10.1. The van der Waals surface area contributed by atoms with Crippen LogP contribution in [0.5, 0.6) is 0 Å². The Balaban J connectivity index is 2.50. The SMILES string of the molecule is CCNCc1cn(C(C)(C)C)nc1-c1ccccc1Cl. The van der Waals surface area contributed by atoms with Crippen LogP contribution in [0.15, 0.2) is 30.5 Å². The summed E-state index contributed by atoms with van der Waals surface area (Å²) in [4.78, 5) is 0. The summed E-state index contributed by atoms with van der Waals surface area (Å²) >= 11 is 6.32. The fraction of sp³-hybridized carbons (Fsp3) is 0.438. The molecule has 2 aromatic rings. The lowest BCUT2D eigenvalue weighted by molar-refractivity contribution is 0.356. The minimum absolute atomic E-state index is 0.0412. The van der Waals surface area contributed by atoms with Gasteiger partial charge < -0.3 is 5.32 Å². The molecule has 4 heteroatoms. The van der Waals surface area contributed by atoms with Crippen LogP contribution in [0.25, 0.3) is 11.3 Å². The second-order valence-electron chi connectivity index (χ2n) is 5.88. The predicted octanol–water partition coefficient (Wildman–Crippen LogP) is 4.07. The van der Waals surface area contributed by atoms with E-state index in [-0.39, 0.29) is 5.54 Å². The monoisotopic (exact) mass is 291 g/mol. The quantitative estimate of drug-likeness (QED) is 0.920. The minimum Gasteiger partial charge on any atom is -0.313 e. The average Bonchev–Trinajstić information content (AvgIpc) is 2.81. The van der Waals surface area contributed by atoms with Crippen LogP contribution < -0.4 is 5.32 Å². The summed E-state index contributed by atoms with van der Waals surface area (Å²) in [7, 11) is 0. The highest BCUT2D eigenvalue weighted by molar-refractivity contribution is 6.33. The van der Waals surface area contributed by atoms with E-state index in [0.717, 1.165) is 29.4 Å². The topological polar surface area (TPSA) is 29.9 Å². The fourth-order valence-corrected chi connectivity index (χ4v) is 2.25. The van der Waals surface area contributed by atoms with E-state index in [1.54, 1.807) is 0 Å². The van der Waals surface area contributed by atoms with Crippen molar-refractivity contribution < 1.29 is 0 Å². The Morgan fingerprint density at radius 3 is 2.55 bits per heavy atom. The number of benzene rings is 1. The van der Waals surface area contributed by atoms with E-state index in [0.29, 0.717) is 0 Å². The standard InChI is InChI=1S/C16H22ClN3/c1-5-18-10-12-11-20(16(2,3)4)19-15(12)13-8-6-7-9-14(13)17/h6-9,11,18H,5,10H2,1-4H3. The number of hydrogen-bond donors (Lipinski definition) is 1. The van der Waals surface area contributed by atoms with E-state index < -0.39 is 0 Å². The second kappa shape index (κ2) is 5.98. The molecule has 2 rings (SSSR count). The molecule has 0 unspecified atom stereocenters. The zero-order valence-electron chi connectivity index (χ0n) is 12.6. The Hall–Kier alpha value is -1.32. The lowest BCUT2D eigenvalue weighted by Crippen LogP contribution is -2.22. The molecule has 0 fully saturated rings. The molecule has 0 aliphatic rings. The molecule has 0 bridgehead atoms. The minimum atomic E-state index is -0.0412. The molecule has 0 aliphatic carbocycles. The van der Waals surface area contributed by atoms with E-state index in [1.165, 1.54) is 5.56 Å². The van der Waals surface area contributed by atoms with Crippen molar-refractivity contribution in [1.82, 2.24) is 15.1 Å². The van der Waals surface area contributed by atoms with Gasteiger partial charge in [-0.1, -0.05) is 36.7 Å². The van der Waals surface area contributed by atoms with Gasteiger partial charge in [0.15, 0.2) is 0 Å². The average molecular weight is 292 g/mol. The highest BCUT2D eigenvalue weighted by atomic mass is 35.5.